The fourth-order valence-electron chi connectivity index (χ4n) is 0.470. The van der Waals surface area contributed by atoms with Crippen molar-refractivity contribution >= 4 is 6.09 Å². The minimum absolute atomic E-state index is 0.323. The number of alkyl carbamates (subject to hydrolysis) is 1. The summed E-state index contributed by atoms with van der Waals surface area (Å²) < 4.78 is 4.64. The quantitative estimate of drug-likeness (QED) is 0.651. The van der Waals surface area contributed by atoms with Gasteiger partial charge in [0.1, 0.15) is 0 Å². The molecule has 0 aliphatic carbocycles. The Labute approximate surface area is 61.8 Å². The lowest BCUT2D eigenvalue weighted by Crippen LogP contribution is -2.27. The molecule has 0 aromatic rings. The predicted octanol–water partition coefficient (Wildman–Crippen LogP) is 1.39. The smallest absolute Gasteiger partial charge is 0.407 e. The molecule has 0 fully saturated rings. The lowest BCUT2D eigenvalue weighted by Gasteiger charge is -2.06. The molecule has 1 amide bonds. The van der Waals surface area contributed by atoms with Crippen LogP contribution in [0.25, 0.3) is 0 Å². The molecule has 0 aliphatic rings. The molecule has 1 N–H and O–H groups in total. The molecule has 0 bridgehead atoms. The molecule has 60 valence electrons. The van der Waals surface area contributed by atoms with Crippen LogP contribution >= 0.6 is 0 Å². The van der Waals surface area contributed by atoms with Gasteiger partial charge in [-0.25, -0.2) is 4.79 Å². The standard InChI is InChI=1S/C7H15NO2/c1-4-10-7(9)8-5-6(2)3/h6H,4-5H2,1-3H3,(H,8,9). The lowest BCUT2D eigenvalue weighted by atomic mass is 10.2. The topological polar surface area (TPSA) is 38.3 Å². The van der Waals surface area contributed by atoms with E-state index in [0.29, 0.717) is 19.1 Å². The normalized spacial score (nSPS) is 9.60. The largest absolute Gasteiger partial charge is 0.450 e. The molecule has 0 rings (SSSR count). The van der Waals surface area contributed by atoms with Gasteiger partial charge in [0, 0.05) is 6.54 Å². The number of nitrogens with one attached hydrogen (secondary N) is 1. The number of amides is 1. The Kier molecular flexibility index (Phi) is 4.72. The Bertz CT molecular complexity index is 102. The number of carbonyl (C=O) groups excluding carboxylic acids is 1. The molecule has 0 aromatic heterocycles. The summed E-state index contributed by atoms with van der Waals surface area (Å²) in [5, 5.41) is 2.62. The zero-order valence-electron chi connectivity index (χ0n) is 6.81. The Morgan fingerprint density at radius 1 is 1.60 bits per heavy atom. The average Bonchev–Trinajstić information content (AvgIpc) is 1.85. The highest BCUT2D eigenvalue weighted by Gasteiger charge is 1.99. The molecule has 3 nitrogen and oxygen atoms in total. The van der Waals surface area contributed by atoms with Gasteiger partial charge < -0.3 is 10.1 Å². The third-order valence-electron chi connectivity index (χ3n) is 0.930. The van der Waals surface area contributed by atoms with Gasteiger partial charge in [-0.15, -0.1) is 0 Å². The number of rotatable bonds is 3. The first-order valence-corrected chi connectivity index (χ1v) is 3.57. The summed E-state index contributed by atoms with van der Waals surface area (Å²) in [6, 6.07) is 0. The van der Waals surface area contributed by atoms with Crippen molar-refractivity contribution in [1.82, 2.24) is 5.32 Å². The predicted molar refractivity (Wildman–Crippen MR) is 39.9 cm³/mol. The van der Waals surface area contributed by atoms with Gasteiger partial charge in [-0.05, 0) is 12.8 Å². The van der Waals surface area contributed by atoms with E-state index in [1.807, 2.05) is 13.8 Å². The Morgan fingerprint density at radius 2 is 2.20 bits per heavy atom. The van der Waals surface area contributed by atoms with Crippen molar-refractivity contribution in [3.05, 3.63) is 0 Å². The Hall–Kier alpha value is -0.730. The van der Waals surface area contributed by atoms with E-state index in [-0.39, 0.29) is 6.09 Å². The number of hydrogen-bond acceptors (Lipinski definition) is 2. The van der Waals surface area contributed by atoms with E-state index < -0.39 is 0 Å². The van der Waals surface area contributed by atoms with Crippen LogP contribution in [0.15, 0.2) is 0 Å². The molecule has 0 atom stereocenters. The van der Waals surface area contributed by atoms with Gasteiger partial charge in [0.25, 0.3) is 0 Å². The molecular weight excluding hydrogens is 130 g/mol. The highest BCUT2D eigenvalue weighted by Crippen LogP contribution is 1.87. The first-order chi connectivity index (χ1) is 4.66. The first kappa shape index (κ1) is 9.27. The summed E-state index contributed by atoms with van der Waals surface area (Å²) in [6.45, 7) is 6.97. The second-order valence-electron chi connectivity index (χ2n) is 2.50. The van der Waals surface area contributed by atoms with Crippen LogP contribution in [0.5, 0.6) is 0 Å². The van der Waals surface area contributed by atoms with Gasteiger partial charge in [0.15, 0.2) is 0 Å². The van der Waals surface area contributed by atoms with Crippen LogP contribution in [-0.4, -0.2) is 19.2 Å². The van der Waals surface area contributed by atoms with Gasteiger partial charge in [-0.1, -0.05) is 13.8 Å². The van der Waals surface area contributed by atoms with Crippen molar-refractivity contribution in [1.29, 1.82) is 0 Å². The molecule has 0 radical (unpaired) electrons. The number of carbonyl (C=O) groups is 1. The highest BCUT2D eigenvalue weighted by atomic mass is 16.5. The van der Waals surface area contributed by atoms with Crippen LogP contribution < -0.4 is 5.32 Å². The zero-order valence-corrected chi connectivity index (χ0v) is 6.81. The van der Waals surface area contributed by atoms with E-state index in [1.54, 1.807) is 6.92 Å². The zero-order chi connectivity index (χ0) is 7.98. The van der Waals surface area contributed by atoms with Crippen LogP contribution in [0.1, 0.15) is 20.8 Å². The summed E-state index contributed by atoms with van der Waals surface area (Å²) in [5.74, 6) is 0.476. The molecule has 0 unspecified atom stereocenters. The molecule has 10 heavy (non-hydrogen) atoms. The summed E-state index contributed by atoms with van der Waals surface area (Å²) in [5.41, 5.74) is 0. The van der Waals surface area contributed by atoms with Crippen molar-refractivity contribution in [3.8, 4) is 0 Å². The second-order valence-corrected chi connectivity index (χ2v) is 2.50. The maximum atomic E-state index is 10.6. The van der Waals surface area contributed by atoms with E-state index in [9.17, 15) is 4.79 Å². The summed E-state index contributed by atoms with van der Waals surface area (Å²) in [6.07, 6.45) is -0.323. The van der Waals surface area contributed by atoms with Crippen molar-refractivity contribution in [2.75, 3.05) is 13.2 Å². The van der Waals surface area contributed by atoms with E-state index in [0.717, 1.165) is 0 Å². The molecule has 0 aliphatic heterocycles. The maximum absolute atomic E-state index is 10.6. The monoisotopic (exact) mass is 145 g/mol. The Balaban J connectivity index is 3.22. The van der Waals surface area contributed by atoms with Crippen LogP contribution in [0.4, 0.5) is 4.79 Å². The van der Waals surface area contributed by atoms with E-state index in [2.05, 4.69) is 10.1 Å². The van der Waals surface area contributed by atoms with Gasteiger partial charge in [0.05, 0.1) is 6.61 Å². The summed E-state index contributed by atoms with van der Waals surface area (Å²) in [7, 11) is 0. The van der Waals surface area contributed by atoms with Crippen LogP contribution in [0.3, 0.4) is 0 Å². The van der Waals surface area contributed by atoms with E-state index in [4.69, 9.17) is 0 Å². The first-order valence-electron chi connectivity index (χ1n) is 3.57. The fourth-order valence-corrected chi connectivity index (χ4v) is 0.470. The molecule has 0 heterocycles. The molecule has 0 saturated carbocycles. The van der Waals surface area contributed by atoms with Crippen LogP contribution in [-0.2, 0) is 4.74 Å². The van der Waals surface area contributed by atoms with Crippen molar-refractivity contribution in [2.45, 2.75) is 20.8 Å². The highest BCUT2D eigenvalue weighted by molar-refractivity contribution is 5.66. The van der Waals surface area contributed by atoms with Crippen LogP contribution in [0.2, 0.25) is 0 Å². The SMILES string of the molecule is CCOC(=O)NCC(C)C. The van der Waals surface area contributed by atoms with Gasteiger partial charge in [-0.3, -0.25) is 0 Å². The van der Waals surface area contributed by atoms with Crippen molar-refractivity contribution < 1.29 is 9.53 Å². The third kappa shape index (κ3) is 5.41. The molecular formula is C7H15NO2. The Morgan fingerprint density at radius 3 is 2.60 bits per heavy atom. The molecule has 3 heteroatoms. The van der Waals surface area contributed by atoms with E-state index >= 15 is 0 Å². The third-order valence-corrected chi connectivity index (χ3v) is 0.930. The van der Waals surface area contributed by atoms with Gasteiger partial charge >= 0.3 is 6.09 Å². The van der Waals surface area contributed by atoms with Crippen molar-refractivity contribution in [3.63, 3.8) is 0 Å². The molecule has 0 spiro atoms. The molecule has 0 saturated heterocycles. The average molecular weight is 145 g/mol. The van der Waals surface area contributed by atoms with Crippen molar-refractivity contribution in [2.24, 2.45) is 5.92 Å². The van der Waals surface area contributed by atoms with Gasteiger partial charge in [0.2, 0.25) is 0 Å². The lowest BCUT2D eigenvalue weighted by molar-refractivity contribution is 0.151. The maximum Gasteiger partial charge on any atom is 0.407 e. The minimum Gasteiger partial charge on any atom is -0.450 e. The number of hydrogen-bond donors (Lipinski definition) is 1. The second kappa shape index (κ2) is 5.09. The van der Waals surface area contributed by atoms with Gasteiger partial charge in [-0.2, -0.15) is 0 Å². The summed E-state index contributed by atoms with van der Waals surface area (Å²) in [4.78, 5) is 10.6. The van der Waals surface area contributed by atoms with E-state index in [1.165, 1.54) is 0 Å². The summed E-state index contributed by atoms with van der Waals surface area (Å²) >= 11 is 0. The fraction of sp³-hybridized carbons (Fsp3) is 0.857. The van der Waals surface area contributed by atoms with Crippen LogP contribution in [0, 0.1) is 5.92 Å². The molecule has 0 aromatic carbocycles. The minimum atomic E-state index is -0.323. The number of ether oxygens (including phenoxy) is 1.